The van der Waals surface area contributed by atoms with Crippen LogP contribution in [0.3, 0.4) is 0 Å². The van der Waals surface area contributed by atoms with Crippen LogP contribution in [-0.4, -0.2) is 32.5 Å². The van der Waals surface area contributed by atoms with E-state index in [0.717, 1.165) is 45.4 Å². The van der Waals surface area contributed by atoms with E-state index in [1.165, 1.54) is 49.2 Å². The van der Waals surface area contributed by atoms with Gasteiger partial charge < -0.3 is 10.3 Å². The lowest BCUT2D eigenvalue weighted by Gasteiger charge is -2.35. The van der Waals surface area contributed by atoms with Crippen LogP contribution >= 0.6 is 0 Å². The second kappa shape index (κ2) is 10.6. The maximum atomic E-state index is 5.75. The van der Waals surface area contributed by atoms with Gasteiger partial charge in [-0.25, -0.2) is 4.98 Å². The van der Waals surface area contributed by atoms with Crippen LogP contribution in [0, 0.1) is 0 Å². The molecule has 0 bridgehead atoms. The molecule has 3 rings (SSSR count). The van der Waals surface area contributed by atoms with Crippen molar-refractivity contribution in [2.45, 2.75) is 77.4 Å². The standard InChI is InChI=1S/C22H35N5/c1-2-3-5-15-26-17-14-24-21(26)18-27(16-6-4-12-23)20-11-7-9-19-10-8-13-25-22(19)20/h8,10,13-14,17,20H,2-7,9,11-12,15-16,18,23H2,1H3. The number of aryl methyl sites for hydroxylation is 2. The van der Waals surface area contributed by atoms with Gasteiger partial charge in [-0.3, -0.25) is 9.88 Å². The highest BCUT2D eigenvalue weighted by Crippen LogP contribution is 2.33. The van der Waals surface area contributed by atoms with E-state index in [0.29, 0.717) is 6.04 Å². The maximum Gasteiger partial charge on any atom is 0.122 e. The first-order valence-electron chi connectivity index (χ1n) is 10.7. The highest BCUT2D eigenvalue weighted by Gasteiger charge is 2.27. The summed E-state index contributed by atoms with van der Waals surface area (Å²) in [5, 5.41) is 0. The van der Waals surface area contributed by atoms with Gasteiger partial charge in [0.05, 0.1) is 18.3 Å². The zero-order chi connectivity index (χ0) is 18.9. The molecule has 2 N–H and O–H groups in total. The number of unbranched alkanes of at least 4 members (excludes halogenated alkanes) is 3. The minimum atomic E-state index is 0.397. The maximum absolute atomic E-state index is 5.75. The molecule has 0 amide bonds. The molecule has 148 valence electrons. The summed E-state index contributed by atoms with van der Waals surface area (Å²) in [5.41, 5.74) is 8.45. The van der Waals surface area contributed by atoms with Crippen molar-refractivity contribution < 1.29 is 0 Å². The first-order chi connectivity index (χ1) is 13.3. The molecule has 5 heteroatoms. The van der Waals surface area contributed by atoms with Gasteiger partial charge in [-0.05, 0) is 63.2 Å². The lowest BCUT2D eigenvalue weighted by atomic mass is 9.90. The molecule has 5 nitrogen and oxygen atoms in total. The fourth-order valence-electron chi connectivity index (χ4n) is 4.15. The molecule has 0 spiro atoms. The highest BCUT2D eigenvalue weighted by atomic mass is 15.2. The molecule has 0 fully saturated rings. The van der Waals surface area contributed by atoms with Gasteiger partial charge in [0, 0.05) is 25.1 Å². The van der Waals surface area contributed by atoms with Crippen molar-refractivity contribution in [3.8, 4) is 0 Å². The Labute approximate surface area is 164 Å². The molecule has 1 aliphatic carbocycles. The molecule has 2 aromatic rings. The van der Waals surface area contributed by atoms with E-state index in [1.54, 1.807) is 0 Å². The van der Waals surface area contributed by atoms with Crippen molar-refractivity contribution in [2.75, 3.05) is 13.1 Å². The highest BCUT2D eigenvalue weighted by molar-refractivity contribution is 5.25. The number of rotatable bonds is 11. The minimum Gasteiger partial charge on any atom is -0.334 e. The van der Waals surface area contributed by atoms with Crippen LogP contribution in [0.4, 0.5) is 0 Å². The van der Waals surface area contributed by atoms with Gasteiger partial charge in [-0.15, -0.1) is 0 Å². The van der Waals surface area contributed by atoms with Crippen molar-refractivity contribution in [3.05, 3.63) is 47.8 Å². The van der Waals surface area contributed by atoms with Crippen LogP contribution in [0.1, 0.15) is 75.0 Å². The molecule has 1 atom stereocenters. The van der Waals surface area contributed by atoms with Gasteiger partial charge in [0.25, 0.3) is 0 Å². The summed E-state index contributed by atoms with van der Waals surface area (Å²) in [4.78, 5) is 12.1. The van der Waals surface area contributed by atoms with Crippen LogP contribution in [0.15, 0.2) is 30.7 Å². The van der Waals surface area contributed by atoms with Gasteiger partial charge in [0.1, 0.15) is 5.82 Å². The first-order valence-corrected chi connectivity index (χ1v) is 10.7. The van der Waals surface area contributed by atoms with Gasteiger partial charge in [-0.1, -0.05) is 25.8 Å². The number of aromatic nitrogens is 3. The number of imidazole rings is 1. The van der Waals surface area contributed by atoms with Crippen molar-refractivity contribution in [1.82, 2.24) is 19.4 Å². The third-order valence-corrected chi connectivity index (χ3v) is 5.65. The monoisotopic (exact) mass is 369 g/mol. The average Bonchev–Trinajstić information content (AvgIpc) is 3.14. The number of pyridine rings is 1. The largest absolute Gasteiger partial charge is 0.334 e. The molecule has 2 heterocycles. The molecule has 1 aliphatic rings. The van der Waals surface area contributed by atoms with E-state index in [4.69, 9.17) is 10.7 Å². The van der Waals surface area contributed by atoms with Crippen LogP contribution in [0.25, 0.3) is 0 Å². The van der Waals surface area contributed by atoms with Crippen molar-refractivity contribution >= 4 is 0 Å². The Bertz CT molecular complexity index is 681. The molecule has 0 saturated heterocycles. The second-order valence-corrected chi connectivity index (χ2v) is 7.67. The zero-order valence-electron chi connectivity index (χ0n) is 16.8. The normalized spacial score (nSPS) is 16.6. The summed E-state index contributed by atoms with van der Waals surface area (Å²) in [5.74, 6) is 1.18. The van der Waals surface area contributed by atoms with Gasteiger partial charge in [-0.2, -0.15) is 0 Å². The summed E-state index contributed by atoms with van der Waals surface area (Å²) in [6.45, 7) is 6.03. The number of nitrogens with two attached hydrogens (primary N) is 1. The Morgan fingerprint density at radius 1 is 1.19 bits per heavy atom. The van der Waals surface area contributed by atoms with E-state index in [2.05, 4.69) is 39.7 Å². The topological polar surface area (TPSA) is 60.0 Å². The zero-order valence-corrected chi connectivity index (χ0v) is 16.8. The van der Waals surface area contributed by atoms with E-state index < -0.39 is 0 Å². The van der Waals surface area contributed by atoms with Crippen molar-refractivity contribution in [2.24, 2.45) is 5.73 Å². The predicted molar refractivity (Wildman–Crippen MR) is 110 cm³/mol. The van der Waals surface area contributed by atoms with Crippen LogP contribution in [0.2, 0.25) is 0 Å². The number of hydrogen-bond donors (Lipinski definition) is 1. The molecule has 1 unspecified atom stereocenters. The van der Waals surface area contributed by atoms with E-state index in [1.807, 2.05) is 12.4 Å². The number of fused-ring (bicyclic) bond motifs is 1. The van der Waals surface area contributed by atoms with Crippen LogP contribution < -0.4 is 5.73 Å². The second-order valence-electron chi connectivity index (χ2n) is 7.67. The summed E-state index contributed by atoms with van der Waals surface area (Å²) in [6.07, 6.45) is 15.6. The molecular formula is C22H35N5. The third-order valence-electron chi connectivity index (χ3n) is 5.65. The fraction of sp³-hybridized carbons (Fsp3) is 0.636. The Hall–Kier alpha value is -1.72. The third kappa shape index (κ3) is 5.39. The predicted octanol–water partition coefficient (Wildman–Crippen LogP) is 4.09. The van der Waals surface area contributed by atoms with Crippen LogP contribution in [-0.2, 0) is 19.5 Å². The van der Waals surface area contributed by atoms with E-state index >= 15 is 0 Å². The first kappa shape index (κ1) is 20.0. The molecule has 27 heavy (non-hydrogen) atoms. The molecule has 0 saturated carbocycles. The number of nitrogens with zero attached hydrogens (tertiary/aromatic N) is 4. The number of hydrogen-bond acceptors (Lipinski definition) is 4. The summed E-state index contributed by atoms with van der Waals surface area (Å²) in [7, 11) is 0. The quantitative estimate of drug-likeness (QED) is 0.606. The smallest absolute Gasteiger partial charge is 0.122 e. The summed E-state index contributed by atoms with van der Waals surface area (Å²) >= 11 is 0. The van der Waals surface area contributed by atoms with E-state index in [-0.39, 0.29) is 0 Å². The Balaban J connectivity index is 1.76. The average molecular weight is 370 g/mol. The SMILES string of the molecule is CCCCCn1ccnc1CN(CCCCN)C1CCCc2cccnc21. The minimum absolute atomic E-state index is 0.397. The van der Waals surface area contributed by atoms with Gasteiger partial charge in [0.15, 0.2) is 0 Å². The molecule has 2 aromatic heterocycles. The molecule has 0 aliphatic heterocycles. The van der Waals surface area contributed by atoms with Crippen molar-refractivity contribution in [3.63, 3.8) is 0 Å². The molecule has 0 radical (unpaired) electrons. The van der Waals surface area contributed by atoms with Crippen molar-refractivity contribution in [1.29, 1.82) is 0 Å². The lowest BCUT2D eigenvalue weighted by Crippen LogP contribution is -2.33. The Morgan fingerprint density at radius 2 is 2.11 bits per heavy atom. The van der Waals surface area contributed by atoms with E-state index in [9.17, 15) is 0 Å². The van der Waals surface area contributed by atoms with Gasteiger partial charge >= 0.3 is 0 Å². The molecular weight excluding hydrogens is 334 g/mol. The summed E-state index contributed by atoms with van der Waals surface area (Å²) in [6, 6.07) is 4.71. The Kier molecular flexibility index (Phi) is 7.84. The molecule has 0 aromatic carbocycles. The Morgan fingerprint density at radius 3 is 2.96 bits per heavy atom. The fourth-order valence-corrected chi connectivity index (χ4v) is 4.15. The lowest BCUT2D eigenvalue weighted by molar-refractivity contribution is 0.157. The van der Waals surface area contributed by atoms with Crippen LogP contribution in [0.5, 0.6) is 0 Å². The summed E-state index contributed by atoms with van der Waals surface area (Å²) < 4.78 is 2.34. The van der Waals surface area contributed by atoms with Gasteiger partial charge in [0.2, 0.25) is 0 Å².